The Hall–Kier alpha value is -2.29. The normalized spacial score (nSPS) is 16.7. The molecule has 0 aliphatic carbocycles. The zero-order chi connectivity index (χ0) is 18.0. The van der Waals surface area contributed by atoms with Crippen molar-refractivity contribution < 1.29 is 9.53 Å². The topological polar surface area (TPSA) is 29.5 Å². The van der Waals surface area contributed by atoms with Gasteiger partial charge in [0.05, 0.1) is 13.2 Å². The fourth-order valence-electron chi connectivity index (χ4n) is 3.72. The number of carbonyl (C=O) groups excluding carboxylic acids is 1. The van der Waals surface area contributed by atoms with Gasteiger partial charge in [0.1, 0.15) is 5.75 Å². The molecule has 0 saturated carbocycles. The van der Waals surface area contributed by atoms with E-state index in [9.17, 15) is 4.79 Å². The van der Waals surface area contributed by atoms with Crippen LogP contribution in [-0.4, -0.2) is 24.5 Å². The molecule has 1 heterocycles. The minimum Gasteiger partial charge on any atom is -0.497 e. The summed E-state index contributed by atoms with van der Waals surface area (Å²) in [5, 5.41) is 0. The maximum atomic E-state index is 12.6. The van der Waals surface area contributed by atoms with Gasteiger partial charge >= 0.3 is 0 Å². The van der Waals surface area contributed by atoms with Gasteiger partial charge in [-0.15, -0.1) is 0 Å². The molecule has 1 atom stereocenters. The largest absolute Gasteiger partial charge is 0.497 e. The number of fused-ring (bicyclic) bond motifs is 1. The third kappa shape index (κ3) is 3.55. The molecule has 0 N–H and O–H groups in total. The molecule has 132 valence electrons. The van der Waals surface area contributed by atoms with Gasteiger partial charge in [0.2, 0.25) is 5.91 Å². The molecule has 2 aromatic rings. The van der Waals surface area contributed by atoms with E-state index in [4.69, 9.17) is 4.74 Å². The molecule has 25 heavy (non-hydrogen) atoms. The molecule has 0 aromatic heterocycles. The highest BCUT2D eigenvalue weighted by atomic mass is 16.5. The van der Waals surface area contributed by atoms with Gasteiger partial charge < -0.3 is 9.64 Å². The molecular formula is C22H27NO2. The van der Waals surface area contributed by atoms with E-state index in [0.29, 0.717) is 12.3 Å². The van der Waals surface area contributed by atoms with Crippen molar-refractivity contribution in [3.8, 4) is 16.9 Å². The molecule has 1 aliphatic rings. The van der Waals surface area contributed by atoms with Crippen LogP contribution in [-0.2, 0) is 11.2 Å². The maximum absolute atomic E-state index is 12.6. The first kappa shape index (κ1) is 17.5. The van der Waals surface area contributed by atoms with Crippen molar-refractivity contribution in [3.05, 3.63) is 53.6 Å². The fraction of sp³-hybridized carbons (Fsp3) is 0.409. The van der Waals surface area contributed by atoms with E-state index in [0.717, 1.165) is 18.7 Å². The first-order chi connectivity index (χ1) is 12.0. The number of ether oxygens (including phenoxy) is 1. The van der Waals surface area contributed by atoms with Crippen LogP contribution in [0, 0.1) is 5.92 Å². The van der Waals surface area contributed by atoms with Crippen molar-refractivity contribution in [2.75, 3.05) is 13.7 Å². The molecule has 3 rings (SSSR count). The Morgan fingerprint density at radius 1 is 1.20 bits per heavy atom. The second-order valence-corrected chi connectivity index (χ2v) is 7.21. The summed E-state index contributed by atoms with van der Waals surface area (Å²) in [6.07, 6.45) is 1.53. The van der Waals surface area contributed by atoms with Crippen LogP contribution in [0.15, 0.2) is 42.5 Å². The van der Waals surface area contributed by atoms with Gasteiger partial charge in [-0.25, -0.2) is 0 Å². The van der Waals surface area contributed by atoms with Crippen LogP contribution in [0.3, 0.4) is 0 Å². The average Bonchev–Trinajstić information content (AvgIpc) is 2.61. The highest BCUT2D eigenvalue weighted by Crippen LogP contribution is 2.36. The molecule has 0 bridgehead atoms. The van der Waals surface area contributed by atoms with Crippen molar-refractivity contribution in [2.45, 2.75) is 39.7 Å². The summed E-state index contributed by atoms with van der Waals surface area (Å²) in [5.41, 5.74) is 5.11. The summed E-state index contributed by atoms with van der Waals surface area (Å²) in [7, 11) is 1.68. The molecule has 2 aromatic carbocycles. The minimum absolute atomic E-state index is 0.133. The van der Waals surface area contributed by atoms with Crippen LogP contribution in [0.4, 0.5) is 0 Å². The van der Waals surface area contributed by atoms with Crippen molar-refractivity contribution >= 4 is 5.91 Å². The smallest absolute Gasteiger partial charge is 0.223 e. The number of methoxy groups -OCH3 is 1. The van der Waals surface area contributed by atoms with Crippen molar-refractivity contribution in [1.29, 1.82) is 0 Å². The molecule has 3 nitrogen and oxygen atoms in total. The Balaban J connectivity index is 1.92. The van der Waals surface area contributed by atoms with Gasteiger partial charge in [-0.05, 0) is 53.6 Å². The quantitative estimate of drug-likeness (QED) is 0.798. The summed E-state index contributed by atoms with van der Waals surface area (Å²) < 4.78 is 5.26. The fourth-order valence-corrected chi connectivity index (χ4v) is 3.72. The number of amides is 1. The SMILES string of the molecule is COc1ccc(-c2cccc3c2CCN(C(=O)CC(C)C)[C@@H]3C)cc1. The van der Waals surface area contributed by atoms with E-state index in [1.54, 1.807) is 7.11 Å². The lowest BCUT2D eigenvalue weighted by atomic mass is 9.87. The molecule has 0 spiro atoms. The number of hydrogen-bond acceptors (Lipinski definition) is 2. The Labute approximate surface area is 150 Å². The van der Waals surface area contributed by atoms with Crippen LogP contribution < -0.4 is 4.74 Å². The molecule has 0 saturated heterocycles. The Kier molecular flexibility index (Phi) is 5.12. The van der Waals surface area contributed by atoms with Crippen molar-refractivity contribution in [2.24, 2.45) is 5.92 Å². The van der Waals surface area contributed by atoms with E-state index >= 15 is 0 Å². The van der Waals surface area contributed by atoms with Crippen molar-refractivity contribution in [3.63, 3.8) is 0 Å². The average molecular weight is 337 g/mol. The standard InChI is InChI=1S/C22H27NO2/c1-15(2)14-22(24)23-13-12-21-19(16(23)3)6-5-7-20(21)17-8-10-18(25-4)11-9-17/h5-11,15-16H,12-14H2,1-4H3/t16-/m1/s1. The van der Waals surface area contributed by atoms with Crippen LogP contribution >= 0.6 is 0 Å². The van der Waals surface area contributed by atoms with E-state index in [1.165, 1.54) is 22.3 Å². The molecule has 1 amide bonds. The van der Waals surface area contributed by atoms with E-state index in [1.807, 2.05) is 17.0 Å². The Bertz CT molecular complexity index is 749. The van der Waals surface area contributed by atoms with Gasteiger partial charge in [0, 0.05) is 13.0 Å². The van der Waals surface area contributed by atoms with Crippen LogP contribution in [0.1, 0.15) is 44.4 Å². The number of nitrogens with zero attached hydrogens (tertiary/aromatic N) is 1. The van der Waals surface area contributed by atoms with Gasteiger partial charge in [0.15, 0.2) is 0 Å². The highest BCUT2D eigenvalue weighted by Gasteiger charge is 2.29. The Morgan fingerprint density at radius 2 is 1.92 bits per heavy atom. The monoisotopic (exact) mass is 337 g/mol. The summed E-state index contributed by atoms with van der Waals surface area (Å²) >= 11 is 0. The predicted molar refractivity (Wildman–Crippen MR) is 102 cm³/mol. The van der Waals surface area contributed by atoms with Crippen LogP contribution in [0.25, 0.3) is 11.1 Å². The molecule has 3 heteroatoms. The van der Waals surface area contributed by atoms with Gasteiger partial charge in [-0.2, -0.15) is 0 Å². The summed E-state index contributed by atoms with van der Waals surface area (Å²) in [4.78, 5) is 14.6. The zero-order valence-corrected chi connectivity index (χ0v) is 15.6. The molecule has 0 unspecified atom stereocenters. The third-order valence-corrected chi connectivity index (χ3v) is 5.04. The molecule has 0 fully saturated rings. The maximum Gasteiger partial charge on any atom is 0.223 e. The van der Waals surface area contributed by atoms with E-state index < -0.39 is 0 Å². The van der Waals surface area contributed by atoms with Gasteiger partial charge in [-0.1, -0.05) is 44.2 Å². The van der Waals surface area contributed by atoms with E-state index in [2.05, 4.69) is 51.1 Å². The lowest BCUT2D eigenvalue weighted by molar-refractivity contribution is -0.134. The molecular weight excluding hydrogens is 310 g/mol. The van der Waals surface area contributed by atoms with Crippen LogP contribution in [0.5, 0.6) is 5.75 Å². The van der Waals surface area contributed by atoms with Gasteiger partial charge in [-0.3, -0.25) is 4.79 Å². The number of hydrogen-bond donors (Lipinski definition) is 0. The lowest BCUT2D eigenvalue weighted by Gasteiger charge is -2.36. The Morgan fingerprint density at radius 3 is 2.56 bits per heavy atom. The summed E-state index contributed by atoms with van der Waals surface area (Å²) in [5.74, 6) is 1.53. The van der Waals surface area contributed by atoms with Crippen molar-refractivity contribution in [1.82, 2.24) is 4.90 Å². The van der Waals surface area contributed by atoms with Crippen LogP contribution in [0.2, 0.25) is 0 Å². The molecule has 0 radical (unpaired) electrons. The summed E-state index contributed by atoms with van der Waals surface area (Å²) in [6, 6.07) is 14.8. The minimum atomic E-state index is 0.133. The number of carbonyl (C=O) groups is 1. The predicted octanol–water partition coefficient (Wildman–Crippen LogP) is 4.85. The second-order valence-electron chi connectivity index (χ2n) is 7.21. The zero-order valence-electron chi connectivity index (χ0n) is 15.6. The first-order valence-electron chi connectivity index (χ1n) is 9.07. The third-order valence-electron chi connectivity index (χ3n) is 5.04. The lowest BCUT2D eigenvalue weighted by Crippen LogP contribution is -2.39. The highest BCUT2D eigenvalue weighted by molar-refractivity contribution is 5.78. The second kappa shape index (κ2) is 7.30. The number of rotatable bonds is 4. The van der Waals surface area contributed by atoms with Gasteiger partial charge in [0.25, 0.3) is 0 Å². The number of benzene rings is 2. The van der Waals surface area contributed by atoms with E-state index in [-0.39, 0.29) is 11.9 Å². The summed E-state index contributed by atoms with van der Waals surface area (Å²) in [6.45, 7) is 7.14. The first-order valence-corrected chi connectivity index (χ1v) is 9.07. The molecule has 1 aliphatic heterocycles.